The van der Waals surface area contributed by atoms with E-state index in [1.807, 2.05) is 18.2 Å². The molecule has 1 saturated carbocycles. The van der Waals surface area contributed by atoms with Crippen LogP contribution in [0.5, 0.6) is 11.5 Å². The van der Waals surface area contributed by atoms with Crippen molar-refractivity contribution in [3.63, 3.8) is 0 Å². The van der Waals surface area contributed by atoms with Gasteiger partial charge in [0.05, 0.1) is 20.3 Å². The molecule has 118 valence electrons. The average Bonchev–Trinajstić information content (AvgIpc) is 2.53. The molecule has 4 heteroatoms. The Kier molecular flexibility index (Phi) is 5.12. The predicted molar refractivity (Wildman–Crippen MR) is 86.0 cm³/mol. The fourth-order valence-electron chi connectivity index (χ4n) is 3.57. The van der Waals surface area contributed by atoms with E-state index in [4.69, 9.17) is 15.2 Å². The van der Waals surface area contributed by atoms with E-state index in [1.165, 1.54) is 19.3 Å². The molecular formula is C17H28N2O2. The summed E-state index contributed by atoms with van der Waals surface area (Å²) in [6.07, 6.45) is 6.06. The maximum atomic E-state index is 6.71. The first-order valence-corrected chi connectivity index (χ1v) is 7.70. The second-order valence-corrected chi connectivity index (χ2v) is 6.14. The Morgan fingerprint density at radius 2 is 1.76 bits per heavy atom. The van der Waals surface area contributed by atoms with E-state index in [1.54, 1.807) is 14.2 Å². The molecule has 1 fully saturated rings. The Hall–Kier alpha value is -1.26. The highest BCUT2D eigenvalue weighted by Crippen LogP contribution is 2.43. The SMILES string of the molecule is COc1ccc(C(N)C2(N(C)C)CCCCC2)c(OC)c1. The molecule has 1 atom stereocenters. The van der Waals surface area contributed by atoms with Gasteiger partial charge in [-0.2, -0.15) is 0 Å². The van der Waals surface area contributed by atoms with Gasteiger partial charge in [0.1, 0.15) is 11.5 Å². The van der Waals surface area contributed by atoms with Crippen LogP contribution in [0.2, 0.25) is 0 Å². The summed E-state index contributed by atoms with van der Waals surface area (Å²) >= 11 is 0. The molecule has 0 radical (unpaired) electrons. The molecule has 0 aromatic heterocycles. The molecule has 1 aromatic rings. The normalized spacial score (nSPS) is 19.3. The van der Waals surface area contributed by atoms with E-state index in [0.29, 0.717) is 0 Å². The third kappa shape index (κ3) is 3.01. The van der Waals surface area contributed by atoms with Gasteiger partial charge in [0.25, 0.3) is 0 Å². The van der Waals surface area contributed by atoms with Crippen LogP contribution in [0.4, 0.5) is 0 Å². The zero-order valence-corrected chi connectivity index (χ0v) is 13.7. The zero-order chi connectivity index (χ0) is 15.5. The number of nitrogens with two attached hydrogens (primary N) is 1. The van der Waals surface area contributed by atoms with Crippen molar-refractivity contribution in [2.75, 3.05) is 28.3 Å². The Morgan fingerprint density at radius 3 is 2.29 bits per heavy atom. The molecule has 21 heavy (non-hydrogen) atoms. The third-order valence-electron chi connectivity index (χ3n) is 4.96. The van der Waals surface area contributed by atoms with Gasteiger partial charge < -0.3 is 20.1 Å². The van der Waals surface area contributed by atoms with Crippen molar-refractivity contribution >= 4 is 0 Å². The minimum absolute atomic E-state index is 0.0140. The van der Waals surface area contributed by atoms with Crippen LogP contribution >= 0.6 is 0 Å². The topological polar surface area (TPSA) is 47.7 Å². The largest absolute Gasteiger partial charge is 0.497 e. The fourth-order valence-corrected chi connectivity index (χ4v) is 3.57. The minimum Gasteiger partial charge on any atom is -0.497 e. The van der Waals surface area contributed by atoms with Crippen LogP contribution < -0.4 is 15.2 Å². The monoisotopic (exact) mass is 292 g/mol. The first-order chi connectivity index (χ1) is 10.0. The van der Waals surface area contributed by atoms with Crippen LogP contribution in [0.3, 0.4) is 0 Å². The van der Waals surface area contributed by atoms with Gasteiger partial charge in [-0.05, 0) is 33.0 Å². The Labute approximate surface area is 128 Å². The second kappa shape index (κ2) is 6.67. The summed E-state index contributed by atoms with van der Waals surface area (Å²) in [5.41, 5.74) is 7.79. The highest BCUT2D eigenvalue weighted by molar-refractivity contribution is 5.43. The lowest BCUT2D eigenvalue weighted by Crippen LogP contribution is -2.53. The van der Waals surface area contributed by atoms with E-state index in [0.717, 1.165) is 29.9 Å². The quantitative estimate of drug-likeness (QED) is 0.906. The molecule has 2 rings (SSSR count). The molecular weight excluding hydrogens is 264 g/mol. The molecule has 1 aliphatic carbocycles. The van der Waals surface area contributed by atoms with Gasteiger partial charge in [-0.1, -0.05) is 25.3 Å². The van der Waals surface area contributed by atoms with Crippen LogP contribution in [0.15, 0.2) is 18.2 Å². The predicted octanol–water partition coefficient (Wildman–Crippen LogP) is 2.97. The van der Waals surface area contributed by atoms with Gasteiger partial charge in [0.15, 0.2) is 0 Å². The van der Waals surface area contributed by atoms with Crippen molar-refractivity contribution in [1.29, 1.82) is 0 Å². The highest BCUT2D eigenvalue weighted by Gasteiger charge is 2.41. The number of hydrogen-bond donors (Lipinski definition) is 1. The molecule has 1 aromatic carbocycles. The number of rotatable bonds is 5. The zero-order valence-electron chi connectivity index (χ0n) is 13.7. The van der Waals surface area contributed by atoms with E-state index in [9.17, 15) is 0 Å². The van der Waals surface area contributed by atoms with Crippen LogP contribution in [0.25, 0.3) is 0 Å². The number of benzene rings is 1. The number of methoxy groups -OCH3 is 2. The van der Waals surface area contributed by atoms with Crippen LogP contribution in [0.1, 0.15) is 43.7 Å². The second-order valence-electron chi connectivity index (χ2n) is 6.14. The lowest BCUT2D eigenvalue weighted by atomic mass is 9.73. The van der Waals surface area contributed by atoms with Gasteiger partial charge in [0.2, 0.25) is 0 Å². The molecule has 0 amide bonds. The van der Waals surface area contributed by atoms with Crippen molar-refractivity contribution in [2.45, 2.75) is 43.7 Å². The summed E-state index contributed by atoms with van der Waals surface area (Å²) in [6, 6.07) is 5.86. The summed E-state index contributed by atoms with van der Waals surface area (Å²) in [5.74, 6) is 1.61. The number of nitrogens with zero attached hydrogens (tertiary/aromatic N) is 1. The molecule has 0 bridgehead atoms. The maximum Gasteiger partial charge on any atom is 0.127 e. The summed E-state index contributed by atoms with van der Waals surface area (Å²) < 4.78 is 10.8. The molecule has 0 saturated heterocycles. The standard InChI is InChI=1S/C17H28N2O2/c1-19(2)17(10-6-5-7-11-17)16(18)14-9-8-13(20-3)12-15(14)21-4/h8-9,12,16H,5-7,10-11,18H2,1-4H3. The van der Waals surface area contributed by atoms with Gasteiger partial charge in [-0.25, -0.2) is 0 Å². The van der Waals surface area contributed by atoms with Gasteiger partial charge in [-0.15, -0.1) is 0 Å². The molecule has 4 nitrogen and oxygen atoms in total. The van der Waals surface area contributed by atoms with Crippen molar-refractivity contribution in [2.24, 2.45) is 5.73 Å². The minimum atomic E-state index is -0.0614. The van der Waals surface area contributed by atoms with Crippen LogP contribution in [-0.2, 0) is 0 Å². The van der Waals surface area contributed by atoms with Crippen molar-refractivity contribution in [3.05, 3.63) is 23.8 Å². The lowest BCUT2D eigenvalue weighted by Gasteiger charge is -2.47. The van der Waals surface area contributed by atoms with E-state index in [2.05, 4.69) is 19.0 Å². The molecule has 1 aliphatic rings. The van der Waals surface area contributed by atoms with E-state index >= 15 is 0 Å². The fraction of sp³-hybridized carbons (Fsp3) is 0.647. The number of likely N-dealkylation sites (N-methyl/N-ethyl adjacent to an activating group) is 1. The van der Waals surface area contributed by atoms with E-state index in [-0.39, 0.29) is 11.6 Å². The first kappa shape index (κ1) is 16.1. The van der Waals surface area contributed by atoms with Crippen molar-refractivity contribution in [3.8, 4) is 11.5 Å². The summed E-state index contributed by atoms with van der Waals surface area (Å²) in [7, 11) is 7.63. The smallest absolute Gasteiger partial charge is 0.127 e. The average molecular weight is 292 g/mol. The maximum absolute atomic E-state index is 6.71. The highest BCUT2D eigenvalue weighted by atomic mass is 16.5. The lowest BCUT2D eigenvalue weighted by molar-refractivity contribution is 0.0704. The van der Waals surface area contributed by atoms with Crippen LogP contribution in [0, 0.1) is 0 Å². The van der Waals surface area contributed by atoms with E-state index < -0.39 is 0 Å². The first-order valence-electron chi connectivity index (χ1n) is 7.70. The van der Waals surface area contributed by atoms with Gasteiger partial charge in [0, 0.05) is 17.2 Å². The Morgan fingerprint density at radius 1 is 1.10 bits per heavy atom. The van der Waals surface area contributed by atoms with Gasteiger partial charge >= 0.3 is 0 Å². The molecule has 2 N–H and O–H groups in total. The summed E-state index contributed by atoms with van der Waals surface area (Å²) in [5, 5.41) is 0. The number of hydrogen-bond acceptors (Lipinski definition) is 4. The van der Waals surface area contributed by atoms with Gasteiger partial charge in [-0.3, -0.25) is 0 Å². The molecule has 0 aliphatic heterocycles. The Bertz CT molecular complexity index is 468. The summed E-state index contributed by atoms with van der Waals surface area (Å²) in [6.45, 7) is 0. The molecule has 0 spiro atoms. The molecule has 1 unspecified atom stereocenters. The van der Waals surface area contributed by atoms with Crippen molar-refractivity contribution < 1.29 is 9.47 Å². The van der Waals surface area contributed by atoms with Crippen LogP contribution in [-0.4, -0.2) is 38.8 Å². The molecule has 0 heterocycles. The van der Waals surface area contributed by atoms with Crippen molar-refractivity contribution in [1.82, 2.24) is 4.90 Å². The number of ether oxygens (including phenoxy) is 2. The Balaban J connectivity index is 2.39. The summed E-state index contributed by atoms with van der Waals surface area (Å²) in [4.78, 5) is 2.31. The third-order valence-corrected chi connectivity index (χ3v) is 4.96.